The Hall–Kier alpha value is -3.32. The van der Waals surface area contributed by atoms with Gasteiger partial charge in [0.1, 0.15) is 0 Å². The maximum absolute atomic E-state index is 13.7. The van der Waals surface area contributed by atoms with E-state index in [4.69, 9.17) is 0 Å². The third-order valence-corrected chi connectivity index (χ3v) is 8.00. The third kappa shape index (κ3) is 6.95. The molecule has 1 amide bonds. The molecule has 41 heavy (non-hydrogen) atoms. The number of thioether (sulfide) groups is 1. The average Bonchev–Trinajstić information content (AvgIpc) is 3.42. The standard InChI is InChI=1S/C28H29F6N5OS/c1-5-38(6-2)12-11-37(4)26-35-25(40)24(41-26)14-18-7-10-23-21(13-18)17(3)36-39(23)16-19-8-9-20(27(29,30)31)15-22(19)28(32,33)34/h7-10,13-15H,5-6,11-12,16H2,1-4H3. The van der Waals surface area contributed by atoms with Gasteiger partial charge in [0.25, 0.3) is 5.91 Å². The summed E-state index contributed by atoms with van der Waals surface area (Å²) in [4.78, 5) is 21.4. The fourth-order valence-electron chi connectivity index (χ4n) is 4.52. The van der Waals surface area contributed by atoms with E-state index in [-0.39, 0.29) is 24.1 Å². The number of aliphatic imine (C=N–C) groups is 1. The van der Waals surface area contributed by atoms with Crippen LogP contribution < -0.4 is 0 Å². The molecule has 0 unspecified atom stereocenters. The molecule has 2 aromatic carbocycles. The van der Waals surface area contributed by atoms with Crippen LogP contribution in [0.2, 0.25) is 0 Å². The molecule has 2 heterocycles. The molecule has 0 bridgehead atoms. The highest BCUT2D eigenvalue weighted by atomic mass is 32.2. The van der Waals surface area contributed by atoms with Crippen molar-refractivity contribution in [3.05, 3.63) is 69.3 Å². The van der Waals surface area contributed by atoms with Gasteiger partial charge in [-0.3, -0.25) is 9.48 Å². The van der Waals surface area contributed by atoms with E-state index in [0.717, 1.165) is 25.7 Å². The lowest BCUT2D eigenvalue weighted by molar-refractivity contribution is -0.143. The van der Waals surface area contributed by atoms with E-state index in [9.17, 15) is 31.1 Å². The van der Waals surface area contributed by atoms with Crippen LogP contribution in [0.4, 0.5) is 26.3 Å². The summed E-state index contributed by atoms with van der Waals surface area (Å²) in [5, 5.41) is 5.61. The maximum atomic E-state index is 13.7. The van der Waals surface area contributed by atoms with Crippen molar-refractivity contribution in [3.63, 3.8) is 0 Å². The molecule has 0 saturated carbocycles. The van der Waals surface area contributed by atoms with Gasteiger partial charge in [0.05, 0.1) is 33.8 Å². The highest BCUT2D eigenvalue weighted by Crippen LogP contribution is 2.38. The zero-order chi connectivity index (χ0) is 30.1. The fourth-order valence-corrected chi connectivity index (χ4v) is 5.42. The second-order valence-corrected chi connectivity index (χ2v) is 10.7. The monoisotopic (exact) mass is 597 g/mol. The SMILES string of the molecule is CCN(CC)CCN(C)C1=NC(=O)C(=Cc2ccc3c(c2)c(C)nn3Cc2ccc(C(F)(F)F)cc2C(F)(F)F)S1. The van der Waals surface area contributed by atoms with Crippen molar-refractivity contribution in [2.24, 2.45) is 4.99 Å². The Morgan fingerprint density at radius 3 is 2.32 bits per heavy atom. The van der Waals surface area contributed by atoms with Crippen LogP contribution in [0.5, 0.6) is 0 Å². The van der Waals surface area contributed by atoms with Crippen molar-refractivity contribution in [1.82, 2.24) is 19.6 Å². The zero-order valence-electron chi connectivity index (χ0n) is 22.9. The first-order chi connectivity index (χ1) is 19.2. The summed E-state index contributed by atoms with van der Waals surface area (Å²) in [6.07, 6.45) is -8.17. The van der Waals surface area contributed by atoms with Gasteiger partial charge >= 0.3 is 12.4 Å². The van der Waals surface area contributed by atoms with Crippen molar-refractivity contribution in [3.8, 4) is 0 Å². The molecule has 6 nitrogen and oxygen atoms in total. The second-order valence-electron chi connectivity index (χ2n) is 9.65. The average molecular weight is 598 g/mol. The van der Waals surface area contributed by atoms with Gasteiger partial charge < -0.3 is 9.80 Å². The molecule has 3 aromatic rings. The second kappa shape index (κ2) is 11.9. The lowest BCUT2D eigenvalue weighted by Crippen LogP contribution is -2.34. The van der Waals surface area contributed by atoms with Crippen LogP contribution in [0.15, 0.2) is 46.3 Å². The Labute approximate surface area is 237 Å². The Balaban J connectivity index is 1.56. The van der Waals surface area contributed by atoms with Gasteiger partial charge in [0.15, 0.2) is 5.17 Å². The van der Waals surface area contributed by atoms with E-state index in [2.05, 4.69) is 28.8 Å². The largest absolute Gasteiger partial charge is 0.416 e. The van der Waals surface area contributed by atoms with Crippen molar-refractivity contribution in [1.29, 1.82) is 0 Å². The number of carbonyl (C=O) groups excluding carboxylic acids is 1. The summed E-state index contributed by atoms with van der Waals surface area (Å²) in [6.45, 7) is 8.91. The molecule has 0 spiro atoms. The van der Waals surface area contributed by atoms with Crippen LogP contribution in [-0.4, -0.2) is 63.9 Å². The van der Waals surface area contributed by atoms with Gasteiger partial charge in [0.2, 0.25) is 0 Å². The molecule has 0 aliphatic carbocycles. The van der Waals surface area contributed by atoms with E-state index in [1.54, 1.807) is 31.2 Å². The van der Waals surface area contributed by atoms with Crippen LogP contribution in [0.3, 0.4) is 0 Å². The number of halogens is 6. The van der Waals surface area contributed by atoms with Gasteiger partial charge in [-0.05, 0) is 73.2 Å². The summed E-state index contributed by atoms with van der Waals surface area (Å²) in [5.41, 5.74) is -1.33. The number of amides is 1. The number of hydrogen-bond acceptors (Lipinski definition) is 5. The number of likely N-dealkylation sites (N-methyl/N-ethyl adjacent to an activating group) is 2. The Morgan fingerprint density at radius 1 is 0.976 bits per heavy atom. The molecule has 220 valence electrons. The number of benzene rings is 2. The van der Waals surface area contributed by atoms with E-state index in [1.165, 1.54) is 16.4 Å². The minimum absolute atomic E-state index is 0.131. The van der Waals surface area contributed by atoms with Crippen molar-refractivity contribution in [2.45, 2.75) is 39.7 Å². The first-order valence-electron chi connectivity index (χ1n) is 12.9. The summed E-state index contributed by atoms with van der Waals surface area (Å²) in [7, 11) is 1.89. The van der Waals surface area contributed by atoms with E-state index >= 15 is 0 Å². The molecule has 0 N–H and O–H groups in total. The van der Waals surface area contributed by atoms with E-state index in [0.29, 0.717) is 44.8 Å². The van der Waals surface area contributed by atoms with Crippen LogP contribution >= 0.6 is 11.8 Å². The lowest BCUT2D eigenvalue weighted by Gasteiger charge is -2.23. The number of fused-ring (bicyclic) bond motifs is 1. The summed E-state index contributed by atoms with van der Waals surface area (Å²) in [5.74, 6) is -0.353. The molecule has 4 rings (SSSR count). The van der Waals surface area contributed by atoms with Gasteiger partial charge in [-0.15, -0.1) is 0 Å². The van der Waals surface area contributed by atoms with E-state index < -0.39 is 23.5 Å². The van der Waals surface area contributed by atoms with Crippen molar-refractivity contribution in [2.75, 3.05) is 33.2 Å². The molecule has 1 aromatic heterocycles. The van der Waals surface area contributed by atoms with Gasteiger partial charge in [0, 0.05) is 25.5 Å². The Kier molecular flexibility index (Phi) is 8.88. The summed E-state index contributed by atoms with van der Waals surface area (Å²) in [6, 6.07) is 6.76. The number of aromatic nitrogens is 2. The Bertz CT molecular complexity index is 1500. The normalized spacial score (nSPS) is 15.4. The summed E-state index contributed by atoms with van der Waals surface area (Å²) >= 11 is 1.27. The lowest BCUT2D eigenvalue weighted by atomic mass is 10.0. The molecule has 0 radical (unpaired) electrons. The highest BCUT2D eigenvalue weighted by Gasteiger charge is 2.38. The topological polar surface area (TPSA) is 53.7 Å². The predicted molar refractivity (Wildman–Crippen MR) is 148 cm³/mol. The first-order valence-corrected chi connectivity index (χ1v) is 13.7. The molecule has 0 fully saturated rings. The smallest absolute Gasteiger partial charge is 0.353 e. The number of nitrogens with zero attached hydrogens (tertiary/aromatic N) is 5. The number of aryl methyl sites for hydroxylation is 1. The van der Waals surface area contributed by atoms with Crippen molar-refractivity contribution < 1.29 is 31.1 Å². The number of hydrogen-bond donors (Lipinski definition) is 0. The quantitative estimate of drug-likeness (QED) is 0.214. The molecule has 0 atom stereocenters. The maximum Gasteiger partial charge on any atom is 0.416 e. The van der Waals surface area contributed by atoms with Crippen LogP contribution in [0.25, 0.3) is 17.0 Å². The number of rotatable bonds is 8. The zero-order valence-corrected chi connectivity index (χ0v) is 23.7. The minimum Gasteiger partial charge on any atom is -0.353 e. The number of alkyl halides is 6. The molecule has 13 heteroatoms. The van der Waals surface area contributed by atoms with Crippen molar-refractivity contribution >= 4 is 39.8 Å². The van der Waals surface area contributed by atoms with Gasteiger partial charge in [-0.25, -0.2) is 0 Å². The van der Waals surface area contributed by atoms with Crippen LogP contribution in [0.1, 0.15) is 41.8 Å². The third-order valence-electron chi connectivity index (χ3n) is 6.90. The fraction of sp³-hybridized carbons (Fsp3) is 0.393. The first kappa shape index (κ1) is 30.6. The Morgan fingerprint density at radius 2 is 1.68 bits per heavy atom. The molecular formula is C28H29F6N5OS. The minimum atomic E-state index is -4.97. The van der Waals surface area contributed by atoms with E-state index in [1.807, 2.05) is 11.9 Å². The molecule has 1 aliphatic rings. The molecule has 1 aliphatic heterocycles. The van der Waals surface area contributed by atoms with Gasteiger partial charge in [-0.2, -0.15) is 36.4 Å². The van der Waals surface area contributed by atoms with Gasteiger partial charge in [-0.1, -0.05) is 26.0 Å². The summed E-state index contributed by atoms with van der Waals surface area (Å²) < 4.78 is 81.5. The molecular weight excluding hydrogens is 568 g/mol. The highest BCUT2D eigenvalue weighted by molar-refractivity contribution is 8.18. The predicted octanol–water partition coefficient (Wildman–Crippen LogP) is 6.67. The van der Waals surface area contributed by atoms with Crippen LogP contribution in [0, 0.1) is 6.92 Å². The van der Waals surface area contributed by atoms with Crippen LogP contribution in [-0.2, 0) is 23.7 Å². The number of carbonyl (C=O) groups is 1. The number of amidine groups is 1. The molecule has 0 saturated heterocycles.